The molecule has 2 nitrogen and oxygen atoms in total. The molecule has 14 aromatic rings. The van der Waals surface area contributed by atoms with Gasteiger partial charge in [-0.25, -0.2) is 0 Å². The van der Waals surface area contributed by atoms with Crippen molar-refractivity contribution in [1.82, 2.24) is 4.57 Å². The Bertz CT molecular complexity index is 4020. The highest BCUT2D eigenvalue weighted by Gasteiger charge is 2.21. The van der Waals surface area contributed by atoms with Crippen LogP contribution in [0.1, 0.15) is 0 Å². The van der Waals surface area contributed by atoms with Gasteiger partial charge in [-0.15, -0.1) is 0 Å². The molecule has 14 rings (SSSR count). The van der Waals surface area contributed by atoms with Crippen molar-refractivity contribution in [2.45, 2.75) is 0 Å². The molecule has 2 heteroatoms. The summed E-state index contributed by atoms with van der Waals surface area (Å²) in [6.45, 7) is 0. The monoisotopic (exact) mass is 914 g/mol. The molecule has 0 radical (unpaired) electrons. The van der Waals surface area contributed by atoms with E-state index < -0.39 is 0 Å². The van der Waals surface area contributed by atoms with Crippen LogP contribution in [-0.2, 0) is 0 Å². The van der Waals surface area contributed by atoms with Crippen molar-refractivity contribution in [1.29, 1.82) is 0 Å². The van der Waals surface area contributed by atoms with Gasteiger partial charge in [0.15, 0.2) is 0 Å². The van der Waals surface area contributed by atoms with Crippen molar-refractivity contribution < 1.29 is 0 Å². The van der Waals surface area contributed by atoms with Crippen molar-refractivity contribution in [2.24, 2.45) is 0 Å². The Hall–Kier alpha value is -9.50. The first-order valence-electron chi connectivity index (χ1n) is 24.8. The first-order valence-corrected chi connectivity index (χ1v) is 24.8. The zero-order chi connectivity index (χ0) is 47.5. The van der Waals surface area contributed by atoms with Gasteiger partial charge in [-0.05, 0) is 161 Å². The molecule has 1 aromatic heterocycles. The molecule has 13 aromatic carbocycles. The number of hydrogen-bond donors (Lipinski definition) is 0. The Morgan fingerprint density at radius 2 is 0.653 bits per heavy atom. The third kappa shape index (κ3) is 7.12. The van der Waals surface area contributed by atoms with Crippen LogP contribution >= 0.6 is 0 Å². The van der Waals surface area contributed by atoms with Crippen LogP contribution in [0.15, 0.2) is 279 Å². The summed E-state index contributed by atoms with van der Waals surface area (Å²) in [5, 5.41) is 10.3. The van der Waals surface area contributed by atoms with E-state index in [1.165, 1.54) is 76.4 Å². The summed E-state index contributed by atoms with van der Waals surface area (Å²) in [7, 11) is 0. The maximum absolute atomic E-state index is 2.47. The number of nitrogens with zero attached hydrogens (tertiary/aromatic N) is 2. The fourth-order valence-corrected chi connectivity index (χ4v) is 11.3. The third-order valence-corrected chi connectivity index (χ3v) is 14.6. The summed E-state index contributed by atoms with van der Waals surface area (Å²) in [5.41, 5.74) is 18.4. The number of aromatic nitrogens is 1. The first kappa shape index (κ1) is 41.5. The van der Waals surface area contributed by atoms with E-state index in [0.717, 1.165) is 56.1 Å². The number of benzene rings is 13. The summed E-state index contributed by atoms with van der Waals surface area (Å²) in [6, 6.07) is 102. The average molecular weight is 915 g/mol. The standard InChI is InChI=1S/C70H46N2/c1-6-17-47(18-7-1)56-39-57(48-19-8-2-9-20-48)42-62(41-56)71(63-43-58(49-21-10-3-11-22-49)40-59(44-63)50-23-12-4-13-24-50)61-35-31-51(32-36-61)54-34-37-64-66(45-54)72(60-27-14-5-15-28-60)67-46-55-30-29-52-25-16-26-53-33-38-65(70(64)67)69(55)68(52)53/h1-46H. The van der Waals surface area contributed by atoms with E-state index in [2.05, 4.69) is 289 Å². The van der Waals surface area contributed by atoms with Crippen LogP contribution in [0, 0.1) is 0 Å². The van der Waals surface area contributed by atoms with Gasteiger partial charge in [0, 0.05) is 33.5 Å². The Kier molecular flexibility index (Phi) is 9.89. The summed E-state index contributed by atoms with van der Waals surface area (Å²) in [4.78, 5) is 2.44. The predicted octanol–water partition coefficient (Wildman–Crippen LogP) is 19.5. The molecule has 72 heavy (non-hydrogen) atoms. The minimum atomic E-state index is 1.07. The van der Waals surface area contributed by atoms with E-state index in [1.807, 2.05) is 0 Å². The lowest BCUT2D eigenvalue weighted by molar-refractivity contribution is 1.18. The molecule has 0 amide bonds. The molecule has 0 fully saturated rings. The summed E-state index contributed by atoms with van der Waals surface area (Å²) in [6.07, 6.45) is 0. The Morgan fingerprint density at radius 3 is 1.17 bits per heavy atom. The zero-order valence-corrected chi connectivity index (χ0v) is 39.5. The lowest BCUT2D eigenvalue weighted by Gasteiger charge is -2.28. The molecule has 0 bridgehead atoms. The van der Waals surface area contributed by atoms with Crippen LogP contribution in [-0.4, -0.2) is 4.57 Å². The lowest BCUT2D eigenvalue weighted by Crippen LogP contribution is -2.11. The number of rotatable bonds is 9. The van der Waals surface area contributed by atoms with Gasteiger partial charge in [0.25, 0.3) is 0 Å². The second-order valence-corrected chi connectivity index (χ2v) is 18.9. The van der Waals surface area contributed by atoms with Gasteiger partial charge < -0.3 is 9.47 Å². The van der Waals surface area contributed by atoms with Gasteiger partial charge in [0.2, 0.25) is 0 Å². The third-order valence-electron chi connectivity index (χ3n) is 14.6. The van der Waals surface area contributed by atoms with Crippen molar-refractivity contribution in [2.75, 3.05) is 4.90 Å². The van der Waals surface area contributed by atoms with E-state index in [1.54, 1.807) is 0 Å². The summed E-state index contributed by atoms with van der Waals surface area (Å²) < 4.78 is 2.47. The Labute approximate surface area is 418 Å². The first-order chi connectivity index (χ1) is 35.7. The van der Waals surface area contributed by atoms with E-state index in [4.69, 9.17) is 0 Å². The molecule has 0 aliphatic rings. The largest absolute Gasteiger partial charge is 0.310 e. The minimum Gasteiger partial charge on any atom is -0.310 e. The molecule has 1 heterocycles. The van der Waals surface area contributed by atoms with Gasteiger partial charge in [-0.1, -0.05) is 206 Å². The van der Waals surface area contributed by atoms with E-state index in [0.29, 0.717) is 0 Å². The Morgan fingerprint density at radius 1 is 0.222 bits per heavy atom. The quantitative estimate of drug-likeness (QED) is 0.131. The van der Waals surface area contributed by atoms with Crippen LogP contribution in [0.25, 0.3) is 115 Å². The van der Waals surface area contributed by atoms with E-state index >= 15 is 0 Å². The van der Waals surface area contributed by atoms with Crippen LogP contribution in [0.5, 0.6) is 0 Å². The number of hydrogen-bond acceptors (Lipinski definition) is 1. The van der Waals surface area contributed by atoms with Gasteiger partial charge in [0.1, 0.15) is 0 Å². The summed E-state index contributed by atoms with van der Waals surface area (Å²) >= 11 is 0. The second kappa shape index (κ2) is 17.2. The summed E-state index contributed by atoms with van der Waals surface area (Å²) in [5.74, 6) is 0. The maximum atomic E-state index is 2.47. The topological polar surface area (TPSA) is 8.17 Å². The molecular formula is C70H46N2. The SMILES string of the molecule is c1ccc(-c2cc(-c3ccccc3)cc(N(c3ccc(-c4ccc5c6c7ccc8cccc9ccc(cc6n(-c6ccccc6)c5c4)c7c98)cc3)c3cc(-c4ccccc4)cc(-c4ccccc4)c3)c2)cc1. The highest BCUT2D eigenvalue weighted by atomic mass is 15.1. The molecule has 0 atom stereocenters. The smallest absolute Gasteiger partial charge is 0.0553 e. The van der Waals surface area contributed by atoms with E-state index in [-0.39, 0.29) is 0 Å². The number of anilines is 3. The van der Waals surface area contributed by atoms with Crippen molar-refractivity contribution >= 4 is 71.2 Å². The van der Waals surface area contributed by atoms with Crippen LogP contribution < -0.4 is 4.90 Å². The van der Waals surface area contributed by atoms with Crippen LogP contribution in [0.2, 0.25) is 0 Å². The number of fused-ring (bicyclic) bond motifs is 4. The normalized spacial score (nSPS) is 11.6. The fraction of sp³-hybridized carbons (Fsp3) is 0. The van der Waals surface area contributed by atoms with Crippen molar-refractivity contribution in [3.8, 4) is 61.3 Å². The average Bonchev–Trinajstić information content (AvgIpc) is 3.79. The molecular weight excluding hydrogens is 869 g/mol. The molecule has 0 N–H and O–H groups in total. The fourth-order valence-electron chi connectivity index (χ4n) is 11.3. The molecule has 0 saturated carbocycles. The second-order valence-electron chi connectivity index (χ2n) is 18.9. The molecule has 0 unspecified atom stereocenters. The Balaban J connectivity index is 0.967. The van der Waals surface area contributed by atoms with Gasteiger partial charge >= 0.3 is 0 Å². The van der Waals surface area contributed by atoms with Gasteiger partial charge in [-0.2, -0.15) is 0 Å². The molecule has 336 valence electrons. The lowest BCUT2D eigenvalue weighted by atomic mass is 9.92. The van der Waals surface area contributed by atoms with Gasteiger partial charge in [0.05, 0.1) is 11.0 Å². The zero-order valence-electron chi connectivity index (χ0n) is 39.5. The molecule has 0 aliphatic heterocycles. The van der Waals surface area contributed by atoms with E-state index in [9.17, 15) is 0 Å². The van der Waals surface area contributed by atoms with Gasteiger partial charge in [-0.3, -0.25) is 0 Å². The predicted molar refractivity (Wildman–Crippen MR) is 306 cm³/mol. The molecule has 0 aliphatic carbocycles. The highest BCUT2D eigenvalue weighted by molar-refractivity contribution is 6.33. The molecule has 0 spiro atoms. The number of para-hydroxylation sites is 1. The van der Waals surface area contributed by atoms with Crippen LogP contribution in [0.4, 0.5) is 17.1 Å². The van der Waals surface area contributed by atoms with Crippen molar-refractivity contribution in [3.63, 3.8) is 0 Å². The van der Waals surface area contributed by atoms with Crippen molar-refractivity contribution in [3.05, 3.63) is 279 Å². The highest BCUT2D eigenvalue weighted by Crippen LogP contribution is 2.46. The van der Waals surface area contributed by atoms with Crippen LogP contribution in [0.3, 0.4) is 0 Å². The molecule has 0 saturated heterocycles. The maximum Gasteiger partial charge on any atom is 0.0553 e. The minimum absolute atomic E-state index is 1.07.